The zero-order chi connectivity index (χ0) is 22.3. The number of aliphatic hydroxyl groups excluding tert-OH is 1. The molecule has 1 unspecified atom stereocenters. The summed E-state index contributed by atoms with van der Waals surface area (Å²) < 4.78 is 29.4. The molecule has 32 heavy (non-hydrogen) atoms. The molecule has 168 valence electrons. The molecule has 0 bridgehead atoms. The molecule has 1 atom stereocenters. The largest absolute Gasteiger partial charge is 0.391 e. The molecule has 2 N–H and O–H groups in total. The number of sulfonamides is 1. The van der Waals surface area contributed by atoms with E-state index in [4.69, 9.17) is 0 Å². The van der Waals surface area contributed by atoms with Gasteiger partial charge in [-0.1, -0.05) is 0 Å². The smallest absolute Gasteiger partial charge is 0.268 e. The van der Waals surface area contributed by atoms with Crippen molar-refractivity contribution in [3.8, 4) is 0 Å². The van der Waals surface area contributed by atoms with Gasteiger partial charge in [0, 0.05) is 43.8 Å². The molecule has 1 amide bonds. The first-order valence-corrected chi connectivity index (χ1v) is 12.2. The predicted octanol–water partition coefficient (Wildman–Crippen LogP) is 1.62. The van der Waals surface area contributed by atoms with Crippen molar-refractivity contribution in [1.29, 1.82) is 0 Å². The van der Waals surface area contributed by atoms with Gasteiger partial charge in [-0.2, -0.15) is 5.10 Å². The highest BCUT2D eigenvalue weighted by molar-refractivity contribution is 7.90. The number of fused-ring (bicyclic) bond motifs is 1. The molecule has 0 radical (unpaired) electrons. The van der Waals surface area contributed by atoms with Crippen molar-refractivity contribution in [2.75, 3.05) is 36.0 Å². The fourth-order valence-corrected chi connectivity index (χ4v) is 5.33. The number of pyridine rings is 1. The lowest BCUT2D eigenvalue weighted by atomic mass is 10.2. The number of hydrogen-bond acceptors (Lipinski definition) is 7. The minimum atomic E-state index is -4.05. The molecule has 3 aromatic rings. The van der Waals surface area contributed by atoms with E-state index in [1.165, 1.54) is 18.3 Å². The molecule has 9 nitrogen and oxygen atoms in total. The first-order valence-electron chi connectivity index (χ1n) is 10.7. The van der Waals surface area contributed by atoms with Crippen molar-refractivity contribution in [2.45, 2.75) is 30.3 Å². The van der Waals surface area contributed by atoms with Crippen molar-refractivity contribution in [3.05, 3.63) is 54.4 Å². The van der Waals surface area contributed by atoms with Crippen LogP contribution < -0.4 is 14.5 Å². The Kier molecular flexibility index (Phi) is 5.26. The Labute approximate surface area is 186 Å². The van der Waals surface area contributed by atoms with Crippen LogP contribution in [0.3, 0.4) is 0 Å². The lowest BCUT2D eigenvalue weighted by Gasteiger charge is -2.18. The van der Waals surface area contributed by atoms with E-state index in [9.17, 15) is 18.3 Å². The van der Waals surface area contributed by atoms with E-state index >= 15 is 0 Å². The molecular formula is C22H25N5O4S. The summed E-state index contributed by atoms with van der Waals surface area (Å²) in [6.45, 7) is 3.17. The Balaban J connectivity index is 1.35. The van der Waals surface area contributed by atoms with Crippen molar-refractivity contribution < 1.29 is 18.3 Å². The summed E-state index contributed by atoms with van der Waals surface area (Å²) in [5, 5.41) is 13.9. The van der Waals surface area contributed by atoms with Crippen molar-refractivity contribution in [1.82, 2.24) is 14.3 Å². The van der Waals surface area contributed by atoms with Gasteiger partial charge >= 0.3 is 0 Å². The highest BCUT2D eigenvalue weighted by Gasteiger charge is 2.24. The Hall–Kier alpha value is -3.11. The summed E-state index contributed by atoms with van der Waals surface area (Å²) in [7, 11) is -4.05. The number of nitrogens with one attached hydrogen (secondary N) is 1. The summed E-state index contributed by atoms with van der Waals surface area (Å²) in [6.07, 6.45) is 5.75. The minimum Gasteiger partial charge on any atom is -0.391 e. The predicted molar refractivity (Wildman–Crippen MR) is 121 cm³/mol. The Morgan fingerprint density at radius 1 is 1.03 bits per heavy atom. The average molecular weight is 456 g/mol. The van der Waals surface area contributed by atoms with Crippen LogP contribution in [0.5, 0.6) is 0 Å². The van der Waals surface area contributed by atoms with E-state index in [-0.39, 0.29) is 16.6 Å². The van der Waals surface area contributed by atoms with E-state index in [1.54, 1.807) is 22.8 Å². The molecule has 2 saturated heterocycles. The molecule has 1 aromatic carbocycles. The molecule has 5 rings (SSSR count). The summed E-state index contributed by atoms with van der Waals surface area (Å²) >= 11 is 0. The van der Waals surface area contributed by atoms with Gasteiger partial charge in [-0.25, -0.2) is 17.7 Å². The van der Waals surface area contributed by atoms with Gasteiger partial charge in [0.05, 0.1) is 28.3 Å². The molecule has 4 heterocycles. The lowest BCUT2D eigenvalue weighted by Crippen LogP contribution is -2.30. The van der Waals surface area contributed by atoms with Crippen LogP contribution in [0.4, 0.5) is 11.4 Å². The van der Waals surface area contributed by atoms with E-state index < -0.39 is 15.9 Å². The van der Waals surface area contributed by atoms with Crippen molar-refractivity contribution >= 4 is 32.8 Å². The third-order valence-electron chi connectivity index (χ3n) is 6.12. The highest BCUT2D eigenvalue weighted by atomic mass is 32.2. The number of anilines is 2. The maximum Gasteiger partial charge on any atom is 0.268 e. The number of rotatable bonds is 5. The Bertz CT molecular complexity index is 1250. The third-order valence-corrected chi connectivity index (χ3v) is 7.47. The van der Waals surface area contributed by atoms with Crippen LogP contribution in [0.2, 0.25) is 0 Å². The standard InChI is InChI=1S/C22H25N5O4S/c28-18-8-11-26(15-18)16-3-5-19(6-4-16)32(30,31)24-22(29)20-14-23-27-12-7-17(13-21(20)27)25-9-1-2-10-25/h3-7,12-14,18,28H,1-2,8-11,15H2,(H,24,29). The number of amides is 1. The van der Waals surface area contributed by atoms with Gasteiger partial charge in [0.2, 0.25) is 0 Å². The first-order chi connectivity index (χ1) is 15.4. The molecule has 2 fully saturated rings. The van der Waals surface area contributed by atoms with E-state index in [2.05, 4.69) is 14.7 Å². The molecule has 2 aliphatic rings. The van der Waals surface area contributed by atoms with Gasteiger partial charge in [0.15, 0.2) is 0 Å². The number of aromatic nitrogens is 2. The van der Waals surface area contributed by atoms with Gasteiger partial charge in [-0.05, 0) is 55.7 Å². The Morgan fingerprint density at radius 2 is 1.78 bits per heavy atom. The topological polar surface area (TPSA) is 107 Å². The molecule has 10 heteroatoms. The number of aliphatic hydroxyl groups is 1. The summed E-state index contributed by atoms with van der Waals surface area (Å²) in [4.78, 5) is 17.1. The number of β-amino-alcohol motifs (C(OH)–C–C–N with tert-alkyl or cyclic N) is 1. The monoisotopic (exact) mass is 455 g/mol. The molecule has 2 aromatic heterocycles. The molecule has 0 saturated carbocycles. The molecular weight excluding hydrogens is 430 g/mol. The third kappa shape index (κ3) is 3.91. The second-order valence-electron chi connectivity index (χ2n) is 8.28. The second kappa shape index (κ2) is 8.10. The summed E-state index contributed by atoms with van der Waals surface area (Å²) in [5.41, 5.74) is 2.60. The zero-order valence-corrected chi connectivity index (χ0v) is 18.3. The van der Waals surface area contributed by atoms with Gasteiger partial charge in [-0.15, -0.1) is 0 Å². The van der Waals surface area contributed by atoms with Crippen LogP contribution in [0.1, 0.15) is 29.6 Å². The number of hydrogen-bond donors (Lipinski definition) is 2. The molecule has 2 aliphatic heterocycles. The maximum atomic E-state index is 12.9. The van der Waals surface area contributed by atoms with E-state index in [1.807, 2.05) is 17.0 Å². The quantitative estimate of drug-likeness (QED) is 0.602. The molecule has 0 aliphatic carbocycles. The van der Waals surface area contributed by atoms with Gasteiger partial charge in [0.1, 0.15) is 0 Å². The van der Waals surface area contributed by atoms with Crippen molar-refractivity contribution in [3.63, 3.8) is 0 Å². The van der Waals surface area contributed by atoms with Crippen LogP contribution in [-0.2, 0) is 10.0 Å². The number of carbonyl (C=O) groups is 1. The normalized spacial score (nSPS) is 19.1. The van der Waals surface area contributed by atoms with Crippen LogP contribution in [0.15, 0.2) is 53.7 Å². The first kappa shape index (κ1) is 20.8. The van der Waals surface area contributed by atoms with Crippen LogP contribution in [0, 0.1) is 0 Å². The average Bonchev–Trinajstić information content (AvgIpc) is 3.53. The van der Waals surface area contributed by atoms with Crippen LogP contribution in [-0.4, -0.2) is 61.3 Å². The fraction of sp³-hybridized carbons (Fsp3) is 0.364. The van der Waals surface area contributed by atoms with Crippen LogP contribution in [0.25, 0.3) is 5.52 Å². The van der Waals surface area contributed by atoms with Gasteiger partial charge in [-0.3, -0.25) is 4.79 Å². The fourth-order valence-electron chi connectivity index (χ4n) is 4.36. The number of benzene rings is 1. The molecule has 0 spiro atoms. The SMILES string of the molecule is O=C(NS(=O)(=O)c1ccc(N2CCC(O)C2)cc1)c1cnn2ccc(N3CCCC3)cc12. The van der Waals surface area contributed by atoms with Gasteiger partial charge in [0.25, 0.3) is 15.9 Å². The summed E-state index contributed by atoms with van der Waals surface area (Å²) in [5.74, 6) is -0.717. The highest BCUT2D eigenvalue weighted by Crippen LogP contribution is 2.25. The second-order valence-corrected chi connectivity index (χ2v) is 9.97. The maximum absolute atomic E-state index is 12.9. The Morgan fingerprint density at radius 3 is 2.47 bits per heavy atom. The number of nitrogens with zero attached hydrogens (tertiary/aromatic N) is 4. The number of carbonyl (C=O) groups excluding carboxylic acids is 1. The lowest BCUT2D eigenvalue weighted by molar-refractivity contribution is 0.0983. The minimum absolute atomic E-state index is 0.00331. The van der Waals surface area contributed by atoms with Crippen LogP contribution >= 0.6 is 0 Å². The zero-order valence-electron chi connectivity index (χ0n) is 17.5. The van der Waals surface area contributed by atoms with E-state index in [0.29, 0.717) is 18.5 Å². The van der Waals surface area contributed by atoms with Gasteiger partial charge < -0.3 is 14.9 Å². The summed E-state index contributed by atoms with van der Waals surface area (Å²) in [6, 6.07) is 10.1. The van der Waals surface area contributed by atoms with Crippen molar-refractivity contribution in [2.24, 2.45) is 0 Å². The van der Waals surface area contributed by atoms with E-state index in [0.717, 1.165) is 43.9 Å².